The van der Waals surface area contributed by atoms with E-state index in [0.29, 0.717) is 32.5 Å². The van der Waals surface area contributed by atoms with Gasteiger partial charge in [0, 0.05) is 25.7 Å². The predicted octanol–water partition coefficient (Wildman–Crippen LogP) is 1.65. The van der Waals surface area contributed by atoms with Gasteiger partial charge < -0.3 is 19.9 Å². The number of hydrogen-bond acceptors (Lipinski definition) is 5. The van der Waals surface area contributed by atoms with E-state index >= 15 is 0 Å². The molecule has 1 fully saturated rings. The van der Waals surface area contributed by atoms with E-state index in [1.807, 2.05) is 0 Å². The van der Waals surface area contributed by atoms with Gasteiger partial charge in [0.15, 0.2) is 0 Å². The van der Waals surface area contributed by atoms with Gasteiger partial charge >= 0.3 is 0 Å². The van der Waals surface area contributed by atoms with Crippen LogP contribution in [0.25, 0.3) is 0 Å². The molecular weight excluding hydrogens is 268 g/mol. The van der Waals surface area contributed by atoms with Gasteiger partial charge in [0.2, 0.25) is 0 Å². The van der Waals surface area contributed by atoms with E-state index in [1.165, 1.54) is 25.7 Å². The number of rotatable bonds is 13. The van der Waals surface area contributed by atoms with Crippen molar-refractivity contribution >= 4 is 0 Å². The van der Waals surface area contributed by atoms with Crippen LogP contribution in [0, 0.1) is 0 Å². The van der Waals surface area contributed by atoms with Crippen molar-refractivity contribution in [1.29, 1.82) is 0 Å². The summed E-state index contributed by atoms with van der Waals surface area (Å²) in [6.07, 6.45) is 6.14. The fraction of sp³-hybridized carbons (Fsp3) is 1.00. The van der Waals surface area contributed by atoms with E-state index in [9.17, 15) is 0 Å². The van der Waals surface area contributed by atoms with Crippen LogP contribution in [0.2, 0.25) is 0 Å². The first-order valence-electron chi connectivity index (χ1n) is 8.55. The highest BCUT2D eigenvalue weighted by molar-refractivity contribution is 4.77. The smallest absolute Gasteiger partial charge is 0.0701 e. The van der Waals surface area contributed by atoms with Crippen LogP contribution in [0.5, 0.6) is 0 Å². The highest BCUT2D eigenvalue weighted by Gasteiger charge is 2.20. The van der Waals surface area contributed by atoms with Crippen molar-refractivity contribution in [2.75, 3.05) is 59.3 Å². The highest BCUT2D eigenvalue weighted by Crippen LogP contribution is 2.15. The van der Waals surface area contributed by atoms with Gasteiger partial charge in [0.25, 0.3) is 0 Å². The van der Waals surface area contributed by atoms with Gasteiger partial charge in [-0.25, -0.2) is 0 Å². The molecule has 1 rings (SSSR count). The molecule has 0 aliphatic carbocycles. The van der Waals surface area contributed by atoms with Crippen molar-refractivity contribution < 1.29 is 14.2 Å². The molecule has 1 aliphatic rings. The van der Waals surface area contributed by atoms with E-state index < -0.39 is 0 Å². The fourth-order valence-electron chi connectivity index (χ4n) is 2.59. The van der Waals surface area contributed by atoms with Crippen LogP contribution < -0.4 is 5.73 Å². The number of ether oxygens (including phenoxy) is 3. The summed E-state index contributed by atoms with van der Waals surface area (Å²) in [5.41, 5.74) is 5.81. The third-order valence-corrected chi connectivity index (χ3v) is 3.93. The quantitative estimate of drug-likeness (QED) is 0.524. The van der Waals surface area contributed by atoms with Gasteiger partial charge in [0.1, 0.15) is 0 Å². The maximum atomic E-state index is 5.81. The van der Waals surface area contributed by atoms with Crippen molar-refractivity contribution in [2.45, 2.75) is 45.1 Å². The highest BCUT2D eigenvalue weighted by atomic mass is 16.5. The average Bonchev–Trinajstić information content (AvgIpc) is 2.53. The van der Waals surface area contributed by atoms with Gasteiger partial charge in [0.05, 0.1) is 33.0 Å². The molecule has 0 aromatic heterocycles. The zero-order valence-corrected chi connectivity index (χ0v) is 13.7. The molecule has 0 amide bonds. The molecule has 1 atom stereocenters. The van der Waals surface area contributed by atoms with Gasteiger partial charge in [-0.2, -0.15) is 0 Å². The van der Waals surface area contributed by atoms with Crippen LogP contribution in [0.1, 0.15) is 39.0 Å². The minimum absolute atomic E-state index is 0.555. The standard InChI is InChI=1S/C16H34N2O3/c1-2-3-9-19-11-13-21-14-12-20-10-8-18-7-5-4-6-16(18)15-17/h16H,2-15,17H2,1H3. The maximum absolute atomic E-state index is 5.81. The Bertz CT molecular complexity index is 230. The van der Waals surface area contributed by atoms with Crippen molar-refractivity contribution in [2.24, 2.45) is 5.73 Å². The molecule has 2 N–H and O–H groups in total. The molecule has 1 aliphatic heterocycles. The third-order valence-electron chi connectivity index (χ3n) is 3.93. The molecule has 0 aromatic carbocycles. The van der Waals surface area contributed by atoms with Crippen LogP contribution in [0.4, 0.5) is 0 Å². The number of unbranched alkanes of at least 4 members (excludes halogenated alkanes) is 1. The van der Waals surface area contributed by atoms with E-state index in [1.54, 1.807) is 0 Å². The molecule has 5 nitrogen and oxygen atoms in total. The van der Waals surface area contributed by atoms with E-state index in [-0.39, 0.29) is 0 Å². The molecule has 1 unspecified atom stereocenters. The first-order chi connectivity index (χ1) is 10.4. The lowest BCUT2D eigenvalue weighted by atomic mass is 10.0. The average molecular weight is 302 g/mol. The van der Waals surface area contributed by atoms with E-state index in [2.05, 4.69) is 11.8 Å². The van der Waals surface area contributed by atoms with Crippen molar-refractivity contribution in [1.82, 2.24) is 4.90 Å². The number of hydrogen-bond donors (Lipinski definition) is 1. The Labute approximate surface area is 130 Å². The summed E-state index contributed by atoms with van der Waals surface area (Å²) < 4.78 is 16.5. The Morgan fingerprint density at radius 2 is 1.62 bits per heavy atom. The molecule has 0 bridgehead atoms. The number of likely N-dealkylation sites (tertiary alicyclic amines) is 1. The predicted molar refractivity (Wildman–Crippen MR) is 85.6 cm³/mol. The van der Waals surface area contributed by atoms with Crippen LogP contribution in [-0.4, -0.2) is 70.2 Å². The summed E-state index contributed by atoms with van der Waals surface area (Å²) in [5.74, 6) is 0. The van der Waals surface area contributed by atoms with Crippen molar-refractivity contribution in [3.8, 4) is 0 Å². The lowest BCUT2D eigenvalue weighted by molar-refractivity contribution is 0.00634. The molecule has 1 saturated heterocycles. The molecule has 0 spiro atoms. The summed E-state index contributed by atoms with van der Waals surface area (Å²) >= 11 is 0. The zero-order valence-electron chi connectivity index (χ0n) is 13.7. The van der Waals surface area contributed by atoms with Gasteiger partial charge in [-0.3, -0.25) is 4.90 Å². The van der Waals surface area contributed by atoms with E-state index in [4.69, 9.17) is 19.9 Å². The third kappa shape index (κ3) is 9.42. The first-order valence-corrected chi connectivity index (χ1v) is 8.55. The summed E-state index contributed by atoms with van der Waals surface area (Å²) in [6.45, 7) is 9.35. The number of piperidine rings is 1. The Morgan fingerprint density at radius 3 is 2.29 bits per heavy atom. The first kappa shape index (κ1) is 18.8. The fourth-order valence-corrected chi connectivity index (χ4v) is 2.59. The second-order valence-corrected chi connectivity index (χ2v) is 5.61. The minimum Gasteiger partial charge on any atom is -0.379 e. The molecule has 126 valence electrons. The Hall–Kier alpha value is -0.200. The minimum atomic E-state index is 0.555. The van der Waals surface area contributed by atoms with Crippen molar-refractivity contribution in [3.63, 3.8) is 0 Å². The molecule has 0 saturated carbocycles. The van der Waals surface area contributed by atoms with E-state index in [0.717, 1.165) is 39.3 Å². The molecular formula is C16H34N2O3. The molecule has 1 heterocycles. The second kappa shape index (κ2) is 13.5. The van der Waals surface area contributed by atoms with Crippen LogP contribution in [-0.2, 0) is 14.2 Å². The van der Waals surface area contributed by atoms with Crippen LogP contribution in [0.15, 0.2) is 0 Å². The SMILES string of the molecule is CCCCOCCOCCOCCN1CCCCC1CN. The Balaban J connectivity index is 1.83. The second-order valence-electron chi connectivity index (χ2n) is 5.61. The molecule has 0 aromatic rings. The van der Waals surface area contributed by atoms with Gasteiger partial charge in [-0.05, 0) is 25.8 Å². The molecule has 0 radical (unpaired) electrons. The molecule has 21 heavy (non-hydrogen) atoms. The van der Waals surface area contributed by atoms with Crippen molar-refractivity contribution in [3.05, 3.63) is 0 Å². The maximum Gasteiger partial charge on any atom is 0.0701 e. The lowest BCUT2D eigenvalue weighted by Gasteiger charge is -2.34. The number of nitrogens with zero attached hydrogens (tertiary/aromatic N) is 1. The normalized spacial score (nSPS) is 20.0. The zero-order chi connectivity index (χ0) is 15.2. The summed E-state index contributed by atoms with van der Waals surface area (Å²) in [4.78, 5) is 2.46. The van der Waals surface area contributed by atoms with Crippen LogP contribution in [0.3, 0.4) is 0 Å². The Morgan fingerprint density at radius 1 is 0.952 bits per heavy atom. The summed E-state index contributed by atoms with van der Waals surface area (Å²) in [6, 6.07) is 0.555. The molecule has 5 heteroatoms. The lowest BCUT2D eigenvalue weighted by Crippen LogP contribution is -2.45. The van der Waals surface area contributed by atoms with Gasteiger partial charge in [-0.1, -0.05) is 19.8 Å². The Kier molecular flexibility index (Phi) is 12.1. The largest absolute Gasteiger partial charge is 0.379 e. The monoisotopic (exact) mass is 302 g/mol. The summed E-state index contributed by atoms with van der Waals surface area (Å²) in [5, 5.41) is 0. The van der Waals surface area contributed by atoms with Crippen LogP contribution >= 0.6 is 0 Å². The number of nitrogens with two attached hydrogens (primary N) is 1. The van der Waals surface area contributed by atoms with Gasteiger partial charge in [-0.15, -0.1) is 0 Å². The topological polar surface area (TPSA) is 57.0 Å². The summed E-state index contributed by atoms with van der Waals surface area (Å²) in [7, 11) is 0.